The van der Waals surface area contributed by atoms with Crippen LogP contribution in [0.1, 0.15) is 24.2 Å². The van der Waals surface area contributed by atoms with E-state index in [-0.39, 0.29) is 27.8 Å². The lowest BCUT2D eigenvalue weighted by atomic mass is 10.1. The van der Waals surface area contributed by atoms with Crippen molar-refractivity contribution >= 4 is 39.4 Å². The van der Waals surface area contributed by atoms with Crippen molar-refractivity contribution in [2.24, 2.45) is 0 Å². The Morgan fingerprint density at radius 1 is 1.19 bits per heavy atom. The summed E-state index contributed by atoms with van der Waals surface area (Å²) in [5.41, 5.74) is 0.327. The van der Waals surface area contributed by atoms with Gasteiger partial charge in [0.2, 0.25) is 0 Å². The molecule has 172 valence electrons. The molecule has 2 N–H and O–H groups in total. The van der Waals surface area contributed by atoms with Gasteiger partial charge in [0, 0.05) is 43.1 Å². The summed E-state index contributed by atoms with van der Waals surface area (Å²) >= 11 is 2.97. The number of piperazine rings is 1. The quantitative estimate of drug-likeness (QED) is 0.617. The third kappa shape index (κ3) is 5.61. The van der Waals surface area contributed by atoms with Crippen molar-refractivity contribution in [1.82, 2.24) is 9.88 Å². The minimum absolute atomic E-state index is 0.0881. The van der Waals surface area contributed by atoms with Crippen molar-refractivity contribution in [3.8, 4) is 5.75 Å². The molecule has 1 aromatic carbocycles. The smallest absolute Gasteiger partial charge is 0.465 e. The Labute approximate surface area is 190 Å². The van der Waals surface area contributed by atoms with Gasteiger partial charge in [-0.25, -0.2) is 9.78 Å². The summed E-state index contributed by atoms with van der Waals surface area (Å²) in [6, 6.07) is 6.68. The van der Waals surface area contributed by atoms with E-state index in [9.17, 15) is 27.9 Å². The number of amides is 2. The summed E-state index contributed by atoms with van der Waals surface area (Å²) < 4.78 is 41.5. The molecule has 1 aliphatic rings. The van der Waals surface area contributed by atoms with Gasteiger partial charge in [-0.15, -0.1) is 13.2 Å². The molecule has 2 aromatic rings. The molecule has 0 saturated carbocycles. The first kappa shape index (κ1) is 23.6. The molecular formula is C20H20BrF3N4O4. The zero-order valence-corrected chi connectivity index (χ0v) is 18.6. The van der Waals surface area contributed by atoms with E-state index >= 15 is 0 Å². The minimum atomic E-state index is -4.87. The van der Waals surface area contributed by atoms with Crippen LogP contribution in [-0.4, -0.2) is 58.5 Å². The summed E-state index contributed by atoms with van der Waals surface area (Å²) in [6.07, 6.45) is -4.48. The van der Waals surface area contributed by atoms with Crippen LogP contribution in [0.4, 0.5) is 29.5 Å². The van der Waals surface area contributed by atoms with Gasteiger partial charge in [-0.05, 0) is 54.0 Å². The van der Waals surface area contributed by atoms with Gasteiger partial charge < -0.3 is 25.0 Å². The molecule has 12 heteroatoms. The van der Waals surface area contributed by atoms with Gasteiger partial charge in [0.05, 0.1) is 10.0 Å². The largest absolute Gasteiger partial charge is 0.573 e. The second kappa shape index (κ2) is 9.23. The molecule has 0 spiro atoms. The number of nitrogens with one attached hydrogen (secondary N) is 1. The lowest BCUT2D eigenvalue weighted by Gasteiger charge is -2.43. The van der Waals surface area contributed by atoms with Crippen molar-refractivity contribution in [1.29, 1.82) is 0 Å². The third-order valence-electron chi connectivity index (χ3n) is 4.95. The fraction of sp³-hybridized carbons (Fsp3) is 0.350. The number of anilines is 2. The Balaban J connectivity index is 1.70. The number of carboxylic acid groups (broad SMARTS) is 1. The van der Waals surface area contributed by atoms with Crippen molar-refractivity contribution in [3.05, 3.63) is 46.6 Å². The van der Waals surface area contributed by atoms with E-state index in [1.165, 1.54) is 23.2 Å². The molecule has 0 radical (unpaired) electrons. The molecule has 0 unspecified atom stereocenters. The standard InChI is InChI=1S/C20H20BrF3N4O4/c1-11-10-28(19(30)31)12(2)9-27(11)17-6-3-13(8-25-17)18(29)26-14-4-5-15(21)16(7-14)32-20(22,23)24/h3-8,11-12H,9-10H2,1-2H3,(H,26,29)(H,30,31)/t11-,12+/m1/s1. The predicted molar refractivity (Wildman–Crippen MR) is 114 cm³/mol. The molecule has 1 saturated heterocycles. The summed E-state index contributed by atoms with van der Waals surface area (Å²) in [7, 11) is 0. The number of benzene rings is 1. The Bertz CT molecular complexity index is 1000. The van der Waals surface area contributed by atoms with Crippen LogP contribution in [0.25, 0.3) is 0 Å². The lowest BCUT2D eigenvalue weighted by molar-refractivity contribution is -0.274. The predicted octanol–water partition coefficient (Wildman–Crippen LogP) is 4.57. The van der Waals surface area contributed by atoms with Crippen LogP contribution in [0, 0.1) is 0 Å². The summed E-state index contributed by atoms with van der Waals surface area (Å²) in [4.78, 5) is 31.5. The van der Waals surface area contributed by atoms with Gasteiger partial charge in [-0.1, -0.05) is 0 Å². The Morgan fingerprint density at radius 3 is 2.50 bits per heavy atom. The number of pyridine rings is 1. The molecule has 3 rings (SSSR count). The second-order valence-corrected chi connectivity index (χ2v) is 8.19. The molecule has 1 fully saturated rings. The molecule has 2 amide bonds. The fourth-order valence-corrected chi connectivity index (χ4v) is 3.72. The number of aromatic nitrogens is 1. The number of carbonyl (C=O) groups is 2. The van der Waals surface area contributed by atoms with Gasteiger partial charge >= 0.3 is 12.5 Å². The zero-order valence-electron chi connectivity index (χ0n) is 17.1. The highest BCUT2D eigenvalue weighted by Gasteiger charge is 2.33. The van der Waals surface area contributed by atoms with Crippen LogP contribution in [0.5, 0.6) is 5.75 Å². The topological polar surface area (TPSA) is 95.0 Å². The monoisotopic (exact) mass is 516 g/mol. The number of rotatable bonds is 4. The first-order valence-corrected chi connectivity index (χ1v) is 10.3. The first-order valence-electron chi connectivity index (χ1n) is 9.53. The van der Waals surface area contributed by atoms with Crippen LogP contribution in [0.2, 0.25) is 0 Å². The number of nitrogens with zero attached hydrogens (tertiary/aromatic N) is 3. The summed E-state index contributed by atoms with van der Waals surface area (Å²) in [5.74, 6) is -0.440. The molecule has 8 nitrogen and oxygen atoms in total. The second-order valence-electron chi connectivity index (χ2n) is 7.34. The van der Waals surface area contributed by atoms with Gasteiger partial charge in [0.15, 0.2) is 0 Å². The minimum Gasteiger partial charge on any atom is -0.465 e. The highest BCUT2D eigenvalue weighted by molar-refractivity contribution is 9.10. The lowest BCUT2D eigenvalue weighted by Crippen LogP contribution is -2.58. The average molecular weight is 517 g/mol. The number of ether oxygens (including phenoxy) is 1. The molecule has 0 bridgehead atoms. The number of hydrogen-bond acceptors (Lipinski definition) is 5. The van der Waals surface area contributed by atoms with E-state index < -0.39 is 24.1 Å². The third-order valence-corrected chi connectivity index (χ3v) is 5.61. The van der Waals surface area contributed by atoms with Crippen molar-refractivity contribution < 1.29 is 32.6 Å². The maximum absolute atomic E-state index is 12.5. The van der Waals surface area contributed by atoms with Crippen molar-refractivity contribution in [2.45, 2.75) is 32.3 Å². The Hall–Kier alpha value is -3.02. The van der Waals surface area contributed by atoms with Gasteiger partial charge in [-0.3, -0.25) is 4.79 Å². The number of halogens is 4. The first-order chi connectivity index (χ1) is 14.9. The molecule has 2 heterocycles. The molecule has 0 aliphatic carbocycles. The van der Waals surface area contributed by atoms with E-state index in [0.29, 0.717) is 18.9 Å². The van der Waals surface area contributed by atoms with Gasteiger partial charge in [0.25, 0.3) is 5.91 Å². The number of hydrogen-bond donors (Lipinski definition) is 2. The highest BCUT2D eigenvalue weighted by atomic mass is 79.9. The van der Waals surface area contributed by atoms with Gasteiger partial charge in [0.1, 0.15) is 11.6 Å². The van der Waals surface area contributed by atoms with Gasteiger partial charge in [-0.2, -0.15) is 0 Å². The van der Waals surface area contributed by atoms with Crippen LogP contribution < -0.4 is 15.0 Å². The highest BCUT2D eigenvalue weighted by Crippen LogP contribution is 2.33. The normalized spacial score (nSPS) is 18.9. The maximum Gasteiger partial charge on any atom is 0.573 e. The average Bonchev–Trinajstić information content (AvgIpc) is 2.70. The maximum atomic E-state index is 12.5. The van der Waals surface area contributed by atoms with Crippen LogP contribution in [-0.2, 0) is 0 Å². The van der Waals surface area contributed by atoms with E-state index in [1.54, 1.807) is 12.1 Å². The molecule has 1 aliphatic heterocycles. The van der Waals surface area contributed by atoms with Crippen molar-refractivity contribution in [2.75, 3.05) is 23.3 Å². The molecular weight excluding hydrogens is 497 g/mol. The zero-order chi connectivity index (χ0) is 23.6. The summed E-state index contributed by atoms with van der Waals surface area (Å²) in [6.45, 7) is 4.47. The fourth-order valence-electron chi connectivity index (χ4n) is 3.39. The van der Waals surface area contributed by atoms with Crippen LogP contribution in [0.15, 0.2) is 41.0 Å². The summed E-state index contributed by atoms with van der Waals surface area (Å²) in [5, 5.41) is 11.8. The Kier molecular flexibility index (Phi) is 6.82. The van der Waals surface area contributed by atoms with E-state index in [1.807, 2.05) is 18.7 Å². The van der Waals surface area contributed by atoms with E-state index in [4.69, 9.17) is 0 Å². The van der Waals surface area contributed by atoms with E-state index in [0.717, 1.165) is 6.07 Å². The Morgan fingerprint density at radius 2 is 1.91 bits per heavy atom. The molecule has 2 atom stereocenters. The van der Waals surface area contributed by atoms with Crippen LogP contribution in [0.3, 0.4) is 0 Å². The van der Waals surface area contributed by atoms with Crippen LogP contribution >= 0.6 is 15.9 Å². The molecule has 32 heavy (non-hydrogen) atoms. The molecule has 1 aromatic heterocycles. The number of carbonyl (C=O) groups excluding carboxylic acids is 1. The number of alkyl halides is 3. The van der Waals surface area contributed by atoms with E-state index in [2.05, 4.69) is 31.0 Å². The van der Waals surface area contributed by atoms with Crippen molar-refractivity contribution in [3.63, 3.8) is 0 Å². The SMILES string of the molecule is C[C@@H]1CN(C(=O)O)[C@@H](C)CN1c1ccc(C(=O)Nc2ccc(Br)c(OC(F)(F)F)c2)cn1.